The smallest absolute Gasteiger partial charge is 0.305 e. The lowest BCUT2D eigenvalue weighted by atomic mass is 10.3. The Balaban J connectivity index is 2.10. The molecule has 0 unspecified atom stereocenters. The van der Waals surface area contributed by atoms with Gasteiger partial charge in [-0.05, 0) is 36.0 Å². The number of ether oxygens (including phenoxy) is 1. The van der Waals surface area contributed by atoms with Crippen LogP contribution in [0.5, 0.6) is 5.75 Å². The number of hydrogen-bond acceptors (Lipinski definition) is 6. The van der Waals surface area contributed by atoms with E-state index in [-0.39, 0.29) is 5.69 Å². The standard InChI is InChI=1S/C11H9N3O3S/c1-17-9-2-4-10(5-3-9)18-11-12-6-8(7-13-11)14(15)16/h2-7H,1H3. The molecule has 2 rings (SSSR count). The van der Waals surface area contributed by atoms with E-state index in [1.54, 1.807) is 7.11 Å². The minimum atomic E-state index is -0.526. The van der Waals surface area contributed by atoms with Crippen molar-refractivity contribution in [1.82, 2.24) is 9.97 Å². The van der Waals surface area contributed by atoms with E-state index in [1.165, 1.54) is 24.2 Å². The third kappa shape index (κ3) is 2.95. The topological polar surface area (TPSA) is 78.2 Å². The van der Waals surface area contributed by atoms with E-state index >= 15 is 0 Å². The van der Waals surface area contributed by atoms with Gasteiger partial charge in [0.25, 0.3) is 0 Å². The maximum absolute atomic E-state index is 10.4. The highest BCUT2D eigenvalue weighted by molar-refractivity contribution is 7.99. The van der Waals surface area contributed by atoms with E-state index in [0.717, 1.165) is 10.6 Å². The summed E-state index contributed by atoms with van der Waals surface area (Å²) in [4.78, 5) is 18.7. The van der Waals surface area contributed by atoms with Crippen molar-refractivity contribution >= 4 is 17.4 Å². The fourth-order valence-electron chi connectivity index (χ4n) is 1.21. The largest absolute Gasteiger partial charge is 0.497 e. The van der Waals surface area contributed by atoms with Gasteiger partial charge in [0, 0.05) is 4.90 Å². The fourth-order valence-corrected chi connectivity index (χ4v) is 1.90. The average Bonchev–Trinajstić information content (AvgIpc) is 2.40. The van der Waals surface area contributed by atoms with Crippen LogP contribution in [0.2, 0.25) is 0 Å². The van der Waals surface area contributed by atoms with Crippen molar-refractivity contribution in [3.8, 4) is 5.75 Å². The van der Waals surface area contributed by atoms with Gasteiger partial charge >= 0.3 is 5.69 Å². The molecule has 0 aliphatic carbocycles. The van der Waals surface area contributed by atoms with Gasteiger partial charge in [-0.1, -0.05) is 0 Å². The van der Waals surface area contributed by atoms with Crippen molar-refractivity contribution in [3.63, 3.8) is 0 Å². The molecule has 0 bridgehead atoms. The maximum Gasteiger partial charge on any atom is 0.305 e. The Morgan fingerprint density at radius 1 is 1.22 bits per heavy atom. The van der Waals surface area contributed by atoms with Gasteiger partial charge < -0.3 is 4.74 Å². The molecule has 0 saturated heterocycles. The van der Waals surface area contributed by atoms with Crippen LogP contribution in [0.4, 0.5) is 5.69 Å². The van der Waals surface area contributed by atoms with E-state index in [2.05, 4.69) is 9.97 Å². The minimum Gasteiger partial charge on any atom is -0.497 e. The van der Waals surface area contributed by atoms with Crippen LogP contribution in [-0.4, -0.2) is 22.0 Å². The van der Waals surface area contributed by atoms with Gasteiger partial charge in [0.1, 0.15) is 18.1 Å². The van der Waals surface area contributed by atoms with Gasteiger partial charge in [-0.2, -0.15) is 0 Å². The van der Waals surface area contributed by atoms with Crippen molar-refractivity contribution in [2.75, 3.05) is 7.11 Å². The SMILES string of the molecule is COc1ccc(Sc2ncc([N+](=O)[O-])cn2)cc1. The Labute approximate surface area is 107 Å². The molecule has 0 atom stereocenters. The number of benzene rings is 1. The number of nitrogens with zero attached hydrogens (tertiary/aromatic N) is 3. The van der Waals surface area contributed by atoms with E-state index < -0.39 is 4.92 Å². The normalized spacial score (nSPS) is 10.1. The van der Waals surface area contributed by atoms with Crippen LogP contribution in [0.15, 0.2) is 46.7 Å². The Kier molecular flexibility index (Phi) is 3.73. The molecule has 0 fully saturated rings. The quantitative estimate of drug-likeness (QED) is 0.479. The highest BCUT2D eigenvalue weighted by atomic mass is 32.2. The Morgan fingerprint density at radius 3 is 2.33 bits per heavy atom. The van der Waals surface area contributed by atoms with Crippen LogP contribution in [0.25, 0.3) is 0 Å². The monoisotopic (exact) mass is 263 g/mol. The summed E-state index contributed by atoms with van der Waals surface area (Å²) in [5, 5.41) is 10.9. The van der Waals surface area contributed by atoms with E-state index in [1.807, 2.05) is 24.3 Å². The lowest BCUT2D eigenvalue weighted by Gasteiger charge is -2.01. The molecule has 0 spiro atoms. The highest BCUT2D eigenvalue weighted by Crippen LogP contribution is 2.26. The zero-order chi connectivity index (χ0) is 13.0. The number of aromatic nitrogens is 2. The van der Waals surface area contributed by atoms with Crippen molar-refractivity contribution in [2.45, 2.75) is 10.1 Å². The predicted octanol–water partition coefficient (Wildman–Crippen LogP) is 2.54. The minimum absolute atomic E-state index is 0.117. The Bertz CT molecular complexity index is 542. The lowest BCUT2D eigenvalue weighted by Crippen LogP contribution is -1.92. The zero-order valence-corrected chi connectivity index (χ0v) is 10.3. The van der Waals surface area contributed by atoms with Gasteiger partial charge in [-0.3, -0.25) is 10.1 Å². The molecule has 0 radical (unpaired) electrons. The molecular weight excluding hydrogens is 254 g/mol. The first kappa shape index (κ1) is 12.3. The molecule has 7 heteroatoms. The van der Waals surface area contributed by atoms with E-state index in [9.17, 15) is 10.1 Å². The predicted molar refractivity (Wildman–Crippen MR) is 65.8 cm³/mol. The van der Waals surface area contributed by atoms with Gasteiger partial charge in [-0.25, -0.2) is 9.97 Å². The molecule has 18 heavy (non-hydrogen) atoms. The molecule has 92 valence electrons. The second-order valence-electron chi connectivity index (χ2n) is 3.26. The number of nitro groups is 1. The van der Waals surface area contributed by atoms with Crippen LogP contribution in [0.3, 0.4) is 0 Å². The van der Waals surface area contributed by atoms with Crippen LogP contribution in [0.1, 0.15) is 0 Å². The van der Waals surface area contributed by atoms with Crippen molar-refractivity contribution in [1.29, 1.82) is 0 Å². The van der Waals surface area contributed by atoms with Crippen LogP contribution in [0, 0.1) is 10.1 Å². The summed E-state index contributed by atoms with van der Waals surface area (Å²) < 4.78 is 5.05. The van der Waals surface area contributed by atoms with Crippen LogP contribution in [-0.2, 0) is 0 Å². The highest BCUT2D eigenvalue weighted by Gasteiger charge is 2.07. The first-order chi connectivity index (χ1) is 8.69. The molecule has 0 saturated carbocycles. The summed E-state index contributed by atoms with van der Waals surface area (Å²) in [6, 6.07) is 7.39. The molecule has 0 N–H and O–H groups in total. The third-order valence-corrected chi connectivity index (χ3v) is 3.00. The first-order valence-corrected chi connectivity index (χ1v) is 5.79. The Hall–Kier alpha value is -2.15. The number of methoxy groups -OCH3 is 1. The van der Waals surface area contributed by atoms with Gasteiger partial charge in [-0.15, -0.1) is 0 Å². The molecule has 0 aliphatic rings. The maximum atomic E-state index is 10.4. The van der Waals surface area contributed by atoms with E-state index in [0.29, 0.717) is 5.16 Å². The van der Waals surface area contributed by atoms with Crippen LogP contribution < -0.4 is 4.74 Å². The lowest BCUT2D eigenvalue weighted by molar-refractivity contribution is -0.385. The summed E-state index contributed by atoms with van der Waals surface area (Å²) in [6.45, 7) is 0. The molecule has 1 aromatic heterocycles. The molecule has 6 nitrogen and oxygen atoms in total. The zero-order valence-electron chi connectivity index (χ0n) is 9.44. The fraction of sp³-hybridized carbons (Fsp3) is 0.0909. The first-order valence-electron chi connectivity index (χ1n) is 4.97. The number of rotatable bonds is 4. The van der Waals surface area contributed by atoms with Gasteiger partial charge in [0.05, 0.1) is 12.0 Å². The van der Waals surface area contributed by atoms with Crippen molar-refractivity contribution < 1.29 is 9.66 Å². The average molecular weight is 263 g/mol. The molecule has 1 aromatic carbocycles. The van der Waals surface area contributed by atoms with Crippen LogP contribution >= 0.6 is 11.8 Å². The van der Waals surface area contributed by atoms with Gasteiger partial charge in [0.15, 0.2) is 5.16 Å². The third-order valence-electron chi connectivity index (χ3n) is 2.09. The van der Waals surface area contributed by atoms with Crippen molar-refractivity contribution in [3.05, 3.63) is 46.8 Å². The number of hydrogen-bond donors (Lipinski definition) is 0. The summed E-state index contributed by atoms with van der Waals surface area (Å²) in [6.07, 6.45) is 2.39. The molecule has 0 aliphatic heterocycles. The van der Waals surface area contributed by atoms with E-state index in [4.69, 9.17) is 4.74 Å². The van der Waals surface area contributed by atoms with Crippen molar-refractivity contribution in [2.24, 2.45) is 0 Å². The summed E-state index contributed by atoms with van der Waals surface area (Å²) in [5.74, 6) is 0.768. The molecule has 0 amide bonds. The summed E-state index contributed by atoms with van der Waals surface area (Å²) >= 11 is 1.33. The van der Waals surface area contributed by atoms with Gasteiger partial charge in [0.2, 0.25) is 0 Å². The molecular formula is C11H9N3O3S. The molecule has 1 heterocycles. The summed E-state index contributed by atoms with van der Waals surface area (Å²) in [5.41, 5.74) is -0.117. The Morgan fingerprint density at radius 2 is 1.83 bits per heavy atom. The molecule has 2 aromatic rings. The second kappa shape index (κ2) is 5.46. The summed E-state index contributed by atoms with van der Waals surface area (Å²) in [7, 11) is 1.60. The second-order valence-corrected chi connectivity index (χ2v) is 4.30.